The molecule has 0 bridgehead atoms. The molecule has 3 atom stereocenters. The van der Waals surface area contributed by atoms with Crippen LogP contribution < -0.4 is 21.3 Å². The highest BCUT2D eigenvalue weighted by Crippen LogP contribution is 2.31. The average molecular weight is 1110 g/mol. The summed E-state index contributed by atoms with van der Waals surface area (Å²) in [5.74, 6) is -8.68. The molecule has 432 valence electrons. The van der Waals surface area contributed by atoms with Gasteiger partial charge in [-0.15, -0.1) is 0 Å². The first-order valence-corrected chi connectivity index (χ1v) is 26.7. The van der Waals surface area contributed by atoms with Gasteiger partial charge >= 0.3 is 41.9 Å². The first-order chi connectivity index (χ1) is 37.7. The van der Waals surface area contributed by atoms with Crippen LogP contribution in [-0.2, 0) is 54.3 Å². The molecule has 4 amide bonds. The highest BCUT2D eigenvalue weighted by Gasteiger charge is 2.32. The number of fused-ring (bicyclic) bond motifs is 2. The summed E-state index contributed by atoms with van der Waals surface area (Å²) in [6.45, 7) is 1.64. The van der Waals surface area contributed by atoms with Crippen LogP contribution in [0.2, 0.25) is 0 Å². The Morgan fingerprint density at radius 1 is 0.544 bits per heavy atom. The number of hydrogen-bond donors (Lipinski definition) is 10. The van der Waals surface area contributed by atoms with Gasteiger partial charge < -0.3 is 56.6 Å². The SMILES string of the molecule is O=C(O)CCC[C@H](OC(=O)N[C@@H](CCCCNC(=O)[C@H](Cc1c2ccccc2cc2ccccc12)NC(=O)[C@H]1CC[C@H](CNC(=O)CN2CCN(CC(=O)O)CCN(CC(=O)O)CCN(CC(=O)O)CC2)CC1)C(=O)O)C(=O)O. The molecular weight excluding hydrogens is 1030 g/mol. The van der Waals surface area contributed by atoms with Crippen LogP contribution in [0.25, 0.3) is 21.5 Å². The van der Waals surface area contributed by atoms with E-state index in [2.05, 4.69) is 27.3 Å². The molecule has 25 heteroatoms. The molecule has 3 aromatic rings. The van der Waals surface area contributed by atoms with Crippen molar-refractivity contribution in [3.63, 3.8) is 0 Å². The molecule has 1 saturated carbocycles. The van der Waals surface area contributed by atoms with E-state index in [0.717, 1.165) is 27.1 Å². The molecular formula is C54H74N8O17. The van der Waals surface area contributed by atoms with Crippen molar-refractivity contribution in [2.45, 2.75) is 88.8 Å². The van der Waals surface area contributed by atoms with E-state index in [1.54, 1.807) is 14.7 Å². The van der Waals surface area contributed by atoms with Crippen molar-refractivity contribution in [2.75, 3.05) is 91.6 Å². The van der Waals surface area contributed by atoms with Crippen LogP contribution in [0.5, 0.6) is 0 Å². The van der Waals surface area contributed by atoms with Crippen molar-refractivity contribution in [3.05, 3.63) is 60.2 Å². The fourth-order valence-electron chi connectivity index (χ4n) is 10.0. The maximum absolute atomic E-state index is 14.2. The molecule has 0 radical (unpaired) electrons. The second kappa shape index (κ2) is 31.8. The topological polar surface area (TPSA) is 362 Å². The summed E-state index contributed by atoms with van der Waals surface area (Å²) in [7, 11) is 0. The molecule has 1 aliphatic heterocycles. The van der Waals surface area contributed by atoms with E-state index < -0.39 is 71.9 Å². The Morgan fingerprint density at radius 2 is 1.05 bits per heavy atom. The van der Waals surface area contributed by atoms with Gasteiger partial charge in [0.25, 0.3) is 0 Å². The molecule has 3 aromatic carbocycles. The minimum atomic E-state index is -1.69. The van der Waals surface area contributed by atoms with Crippen molar-refractivity contribution < 1.29 is 83.3 Å². The van der Waals surface area contributed by atoms with Gasteiger partial charge in [0, 0.05) is 84.2 Å². The normalized spacial score (nSPS) is 18.4. The lowest BCUT2D eigenvalue weighted by Crippen LogP contribution is -2.50. The van der Waals surface area contributed by atoms with E-state index in [-0.39, 0.29) is 135 Å². The number of rotatable bonds is 28. The molecule has 2 aliphatic rings. The van der Waals surface area contributed by atoms with Gasteiger partial charge in [0.1, 0.15) is 12.1 Å². The fourth-order valence-corrected chi connectivity index (χ4v) is 10.0. The Labute approximate surface area is 456 Å². The monoisotopic (exact) mass is 1110 g/mol. The van der Waals surface area contributed by atoms with Crippen LogP contribution >= 0.6 is 0 Å². The van der Waals surface area contributed by atoms with Crippen molar-refractivity contribution in [1.82, 2.24) is 40.9 Å². The van der Waals surface area contributed by atoms with Gasteiger partial charge in [0.2, 0.25) is 23.8 Å². The van der Waals surface area contributed by atoms with E-state index in [1.807, 2.05) is 53.4 Å². The number of amides is 4. The zero-order chi connectivity index (χ0) is 57.4. The Morgan fingerprint density at radius 3 is 1.53 bits per heavy atom. The maximum atomic E-state index is 14.2. The van der Waals surface area contributed by atoms with Gasteiger partial charge in [0.05, 0.1) is 26.2 Å². The number of nitrogens with zero attached hydrogens (tertiary/aromatic N) is 4. The predicted molar refractivity (Wildman–Crippen MR) is 285 cm³/mol. The van der Waals surface area contributed by atoms with E-state index in [9.17, 15) is 73.5 Å². The number of nitrogens with one attached hydrogen (secondary N) is 4. The number of carboxylic acids is 6. The van der Waals surface area contributed by atoms with Crippen LogP contribution in [0.1, 0.15) is 69.8 Å². The van der Waals surface area contributed by atoms with Crippen LogP contribution in [0.15, 0.2) is 54.6 Å². The summed E-state index contributed by atoms with van der Waals surface area (Å²) in [6.07, 6.45) is -1.02. The number of aliphatic carboxylic acids is 6. The number of benzene rings is 3. The molecule has 0 spiro atoms. The lowest BCUT2D eigenvalue weighted by atomic mass is 9.81. The first kappa shape index (κ1) is 62.4. The van der Waals surface area contributed by atoms with Crippen LogP contribution in [0.4, 0.5) is 4.79 Å². The van der Waals surface area contributed by atoms with Crippen molar-refractivity contribution >= 4 is 81.2 Å². The van der Waals surface area contributed by atoms with Crippen molar-refractivity contribution in [1.29, 1.82) is 0 Å². The van der Waals surface area contributed by atoms with Gasteiger partial charge in [-0.2, -0.15) is 0 Å². The summed E-state index contributed by atoms with van der Waals surface area (Å²) in [4.78, 5) is 130. The largest absolute Gasteiger partial charge is 0.481 e. The standard InChI is InChI=1S/C54H74N8O17/c63-45(31-59-20-22-60(32-47(66)67)24-26-62(34-49(70)71)27-25-61(23-21-59)33-48(68)69)56-30-35-15-17-36(18-16-35)50(72)57-43(29-41-39-10-3-1-8-37(39)28-38-9-2-4-11-40(38)41)51(73)55-19-6-5-12-42(52(74)75)58-54(78)79-44(53(76)77)13-7-14-46(64)65/h1-4,8-11,28,35-36,42-44H,5-7,12-27,29-34H2,(H,55,73)(H,56,63)(H,57,72)(H,58,78)(H,64,65)(H,66,67)(H,68,69)(H,70,71)(H,74,75)(H,76,77)/t35-,36-,42-,43-,44-/m0/s1. The van der Waals surface area contributed by atoms with E-state index in [4.69, 9.17) is 9.84 Å². The quantitative estimate of drug-likeness (QED) is 0.0364. The highest BCUT2D eigenvalue weighted by molar-refractivity contribution is 6.03. The van der Waals surface area contributed by atoms with Crippen LogP contribution in [0, 0.1) is 11.8 Å². The zero-order valence-corrected chi connectivity index (χ0v) is 44.2. The van der Waals surface area contributed by atoms with E-state index >= 15 is 0 Å². The van der Waals surface area contributed by atoms with Crippen molar-refractivity contribution in [3.8, 4) is 0 Å². The number of carboxylic acid groups (broad SMARTS) is 6. The van der Waals surface area contributed by atoms with E-state index in [1.165, 1.54) is 0 Å². The molecule has 1 heterocycles. The summed E-state index contributed by atoms with van der Waals surface area (Å²) in [6, 6.07) is 15.1. The van der Waals surface area contributed by atoms with Gasteiger partial charge in [-0.25, -0.2) is 14.4 Å². The Balaban J connectivity index is 1.17. The fraction of sp³-hybridized carbons (Fsp3) is 0.556. The molecule has 2 fully saturated rings. The smallest absolute Gasteiger partial charge is 0.408 e. The number of carbonyl (C=O) groups is 10. The predicted octanol–water partition coefficient (Wildman–Crippen LogP) is 1.59. The van der Waals surface area contributed by atoms with Crippen LogP contribution in [0.3, 0.4) is 0 Å². The Kier molecular flexibility index (Phi) is 25.1. The summed E-state index contributed by atoms with van der Waals surface area (Å²) < 4.78 is 4.88. The molecule has 25 nitrogen and oxygen atoms in total. The molecule has 0 unspecified atom stereocenters. The first-order valence-electron chi connectivity index (χ1n) is 26.7. The Hall–Kier alpha value is -7.48. The van der Waals surface area contributed by atoms with Crippen LogP contribution in [-0.4, -0.2) is 220 Å². The van der Waals surface area contributed by atoms with Gasteiger partial charge in [-0.05, 0) is 96.9 Å². The molecule has 1 saturated heterocycles. The Bertz CT molecular complexity index is 2530. The molecule has 79 heavy (non-hydrogen) atoms. The second-order valence-electron chi connectivity index (χ2n) is 20.2. The number of hydrogen-bond acceptors (Lipinski definition) is 15. The van der Waals surface area contributed by atoms with Gasteiger partial charge in [0.15, 0.2) is 0 Å². The zero-order valence-electron chi connectivity index (χ0n) is 44.2. The summed E-state index contributed by atoms with van der Waals surface area (Å²) in [5.41, 5.74) is 0.857. The number of unbranched alkanes of at least 4 members (excludes halogenated alkanes) is 1. The highest BCUT2D eigenvalue weighted by atomic mass is 16.6. The minimum absolute atomic E-state index is 0.0346. The summed E-state index contributed by atoms with van der Waals surface area (Å²) >= 11 is 0. The lowest BCUT2D eigenvalue weighted by Gasteiger charge is -2.33. The third-order valence-corrected chi connectivity index (χ3v) is 14.3. The molecule has 1 aliphatic carbocycles. The third-order valence-electron chi connectivity index (χ3n) is 14.3. The third kappa shape index (κ3) is 21.7. The number of alkyl carbamates (subject to hydrolysis) is 1. The average Bonchev–Trinajstić information content (AvgIpc) is 3.39. The van der Waals surface area contributed by atoms with E-state index in [0.29, 0.717) is 45.3 Å². The molecule has 10 N–H and O–H groups in total. The molecule has 5 rings (SSSR count). The lowest BCUT2D eigenvalue weighted by molar-refractivity contribution is -0.148. The van der Waals surface area contributed by atoms with Gasteiger partial charge in [-0.3, -0.25) is 53.2 Å². The maximum Gasteiger partial charge on any atom is 0.408 e. The van der Waals surface area contributed by atoms with Crippen molar-refractivity contribution in [2.24, 2.45) is 11.8 Å². The summed E-state index contributed by atoms with van der Waals surface area (Å²) in [5, 5.41) is 71.4. The number of ether oxygens (including phenoxy) is 1. The minimum Gasteiger partial charge on any atom is -0.481 e. The molecule has 0 aromatic heterocycles. The second-order valence-corrected chi connectivity index (χ2v) is 20.2. The number of carbonyl (C=O) groups excluding carboxylic acids is 4. The van der Waals surface area contributed by atoms with Gasteiger partial charge in [-0.1, -0.05) is 48.5 Å².